The average molecular weight is 365 g/mol. The van der Waals surface area contributed by atoms with Gasteiger partial charge in [0, 0.05) is 39.0 Å². The monoisotopic (exact) mass is 364 g/mol. The number of rotatable bonds is 3. The normalized spacial score (nSPS) is 22.0. The molecule has 1 aromatic heterocycles. The van der Waals surface area contributed by atoms with E-state index in [1.165, 1.54) is 20.6 Å². The summed E-state index contributed by atoms with van der Waals surface area (Å²) in [6.45, 7) is 7.56. The van der Waals surface area contributed by atoms with Crippen molar-refractivity contribution in [3.05, 3.63) is 50.6 Å². The molecule has 0 aliphatic carbocycles. The predicted molar refractivity (Wildman–Crippen MR) is 95.0 cm³/mol. The maximum atomic E-state index is 3.74. The van der Waals surface area contributed by atoms with Crippen molar-refractivity contribution < 1.29 is 0 Å². The van der Waals surface area contributed by atoms with E-state index in [-0.39, 0.29) is 5.54 Å². The van der Waals surface area contributed by atoms with Gasteiger partial charge in [-0.05, 0) is 47.0 Å². The van der Waals surface area contributed by atoms with Crippen molar-refractivity contribution in [3.63, 3.8) is 0 Å². The van der Waals surface area contributed by atoms with Crippen LogP contribution in [-0.4, -0.2) is 12.1 Å². The van der Waals surface area contributed by atoms with Crippen LogP contribution in [-0.2, 0) is 13.1 Å². The maximum Gasteiger partial charge on any atom is 0.0524 e. The van der Waals surface area contributed by atoms with Crippen LogP contribution in [0, 0.1) is 0 Å². The van der Waals surface area contributed by atoms with Crippen LogP contribution in [0.15, 0.2) is 40.2 Å². The first-order valence-corrected chi connectivity index (χ1v) is 9.08. The molecule has 0 saturated carbocycles. The number of nitrogens with one attached hydrogen (secondary N) is 1. The lowest BCUT2D eigenvalue weighted by Gasteiger charge is -2.34. The topological polar surface area (TPSA) is 15.3 Å². The highest BCUT2D eigenvalue weighted by Crippen LogP contribution is 2.30. The van der Waals surface area contributed by atoms with Gasteiger partial charge in [-0.1, -0.05) is 25.1 Å². The third kappa shape index (κ3) is 3.33. The number of para-hydroxylation sites is 1. The van der Waals surface area contributed by atoms with E-state index >= 15 is 0 Å². The molecule has 2 aromatic rings. The number of fused-ring (bicyclic) bond motifs is 1. The first-order chi connectivity index (χ1) is 10.1. The minimum atomic E-state index is 0.160. The Hall–Kier alpha value is -0.840. The molecule has 2 nitrogen and oxygen atoms in total. The van der Waals surface area contributed by atoms with Crippen LogP contribution in [0.3, 0.4) is 0 Å². The Labute approximate surface area is 139 Å². The fourth-order valence-corrected chi connectivity index (χ4v) is 4.31. The Bertz CT molecular complexity index is 625. The Morgan fingerprint density at radius 3 is 2.90 bits per heavy atom. The van der Waals surface area contributed by atoms with Gasteiger partial charge in [-0.2, -0.15) is 0 Å². The number of thiophene rings is 1. The largest absolute Gasteiger partial charge is 0.364 e. The summed E-state index contributed by atoms with van der Waals surface area (Å²) in [5, 5.41) is 5.90. The fourth-order valence-electron chi connectivity index (χ4n) is 2.84. The van der Waals surface area contributed by atoms with E-state index in [0.29, 0.717) is 0 Å². The molecular formula is C17H21BrN2S. The van der Waals surface area contributed by atoms with Crippen molar-refractivity contribution in [2.45, 2.75) is 38.9 Å². The van der Waals surface area contributed by atoms with Gasteiger partial charge in [-0.25, -0.2) is 0 Å². The van der Waals surface area contributed by atoms with E-state index in [1.807, 2.05) is 11.3 Å². The molecule has 0 spiro atoms. The quantitative estimate of drug-likeness (QED) is 0.841. The minimum absolute atomic E-state index is 0.160. The molecule has 1 aliphatic heterocycles. The number of benzene rings is 1. The van der Waals surface area contributed by atoms with Gasteiger partial charge in [0.1, 0.15) is 0 Å². The molecule has 1 aromatic carbocycles. The summed E-state index contributed by atoms with van der Waals surface area (Å²) in [6, 6.07) is 11.0. The molecule has 1 aliphatic rings. The van der Waals surface area contributed by atoms with E-state index < -0.39 is 0 Å². The van der Waals surface area contributed by atoms with Crippen molar-refractivity contribution >= 4 is 33.0 Å². The number of anilines is 1. The molecule has 112 valence electrons. The smallest absolute Gasteiger partial charge is 0.0524 e. The van der Waals surface area contributed by atoms with Crippen LogP contribution in [0.1, 0.15) is 30.7 Å². The van der Waals surface area contributed by atoms with Gasteiger partial charge in [0.15, 0.2) is 0 Å². The lowest BCUT2D eigenvalue weighted by atomic mass is 9.98. The summed E-state index contributed by atoms with van der Waals surface area (Å²) >= 11 is 5.38. The van der Waals surface area contributed by atoms with Crippen LogP contribution in [0.4, 0.5) is 5.69 Å². The van der Waals surface area contributed by atoms with Crippen molar-refractivity contribution in [2.24, 2.45) is 0 Å². The van der Waals surface area contributed by atoms with Gasteiger partial charge >= 0.3 is 0 Å². The van der Waals surface area contributed by atoms with Crippen molar-refractivity contribution in [2.75, 3.05) is 11.4 Å². The molecule has 1 atom stereocenters. The summed E-state index contributed by atoms with van der Waals surface area (Å²) in [5.74, 6) is 0. The zero-order chi connectivity index (χ0) is 14.9. The molecule has 0 bridgehead atoms. The van der Waals surface area contributed by atoms with Crippen LogP contribution in [0.25, 0.3) is 0 Å². The van der Waals surface area contributed by atoms with Crippen molar-refractivity contribution in [1.29, 1.82) is 0 Å². The molecular weight excluding hydrogens is 344 g/mol. The minimum Gasteiger partial charge on any atom is -0.364 e. The number of halogens is 1. The number of nitrogens with zero attached hydrogens (tertiary/aromatic N) is 1. The fraction of sp³-hybridized carbons (Fsp3) is 0.412. The first kappa shape index (κ1) is 15.1. The molecule has 0 amide bonds. The predicted octanol–water partition coefficient (Wildman–Crippen LogP) is 4.79. The second-order valence-electron chi connectivity index (χ2n) is 5.98. The molecule has 1 N–H and O–H groups in total. The van der Waals surface area contributed by atoms with Gasteiger partial charge < -0.3 is 10.2 Å². The average Bonchev–Trinajstić information content (AvgIpc) is 2.83. The molecule has 3 rings (SSSR count). The van der Waals surface area contributed by atoms with E-state index in [4.69, 9.17) is 0 Å². The Kier molecular flexibility index (Phi) is 4.38. The van der Waals surface area contributed by atoms with Gasteiger partial charge in [0.25, 0.3) is 0 Å². The van der Waals surface area contributed by atoms with Crippen LogP contribution < -0.4 is 10.2 Å². The highest BCUT2D eigenvalue weighted by molar-refractivity contribution is 9.10. The zero-order valence-electron chi connectivity index (χ0n) is 12.5. The molecule has 2 heterocycles. The summed E-state index contributed by atoms with van der Waals surface area (Å²) < 4.78 is 1.18. The third-order valence-corrected chi connectivity index (χ3v) is 6.01. The summed E-state index contributed by atoms with van der Waals surface area (Å²) in [6.07, 6.45) is 1.13. The molecule has 4 heteroatoms. The molecule has 0 saturated heterocycles. The van der Waals surface area contributed by atoms with Crippen LogP contribution in [0.5, 0.6) is 0 Å². The first-order valence-electron chi connectivity index (χ1n) is 7.40. The standard InChI is InChI=1S/C17H21BrN2S/c1-3-17(2)12-20(10-15-8-14(18)11-21-15)16-7-5-4-6-13(16)9-19-17/h4-8,11,19H,3,9-10,12H2,1-2H3. The van der Waals surface area contributed by atoms with E-state index in [2.05, 4.69) is 75.7 Å². The summed E-state index contributed by atoms with van der Waals surface area (Å²) in [5.41, 5.74) is 2.92. The van der Waals surface area contributed by atoms with Gasteiger partial charge in [0.2, 0.25) is 0 Å². The molecule has 1 unspecified atom stereocenters. The van der Waals surface area contributed by atoms with Crippen LogP contribution in [0.2, 0.25) is 0 Å². The molecule has 0 radical (unpaired) electrons. The number of hydrogen-bond donors (Lipinski definition) is 1. The molecule has 0 fully saturated rings. The highest BCUT2D eigenvalue weighted by atomic mass is 79.9. The number of hydrogen-bond acceptors (Lipinski definition) is 3. The Balaban J connectivity index is 1.93. The second kappa shape index (κ2) is 6.11. The second-order valence-corrected chi connectivity index (χ2v) is 7.90. The lowest BCUT2D eigenvalue weighted by molar-refractivity contribution is 0.349. The van der Waals surface area contributed by atoms with Gasteiger partial charge in [-0.15, -0.1) is 11.3 Å². The Morgan fingerprint density at radius 1 is 1.38 bits per heavy atom. The Morgan fingerprint density at radius 2 is 2.19 bits per heavy atom. The van der Waals surface area contributed by atoms with E-state index in [0.717, 1.165) is 26.1 Å². The van der Waals surface area contributed by atoms with Crippen LogP contribution >= 0.6 is 27.3 Å². The zero-order valence-corrected chi connectivity index (χ0v) is 14.9. The molecule has 21 heavy (non-hydrogen) atoms. The van der Waals surface area contributed by atoms with E-state index in [1.54, 1.807) is 0 Å². The van der Waals surface area contributed by atoms with Gasteiger partial charge in [-0.3, -0.25) is 0 Å². The lowest BCUT2D eigenvalue weighted by Crippen LogP contribution is -2.48. The third-order valence-electron chi connectivity index (χ3n) is 4.33. The summed E-state index contributed by atoms with van der Waals surface area (Å²) in [7, 11) is 0. The maximum absolute atomic E-state index is 3.74. The summed E-state index contributed by atoms with van der Waals surface area (Å²) in [4.78, 5) is 3.92. The van der Waals surface area contributed by atoms with Crippen molar-refractivity contribution in [3.8, 4) is 0 Å². The SMILES string of the molecule is CCC1(C)CN(Cc2cc(Br)cs2)c2ccccc2CN1. The van der Waals surface area contributed by atoms with Gasteiger partial charge in [0.05, 0.1) is 6.54 Å². The highest BCUT2D eigenvalue weighted by Gasteiger charge is 2.29. The van der Waals surface area contributed by atoms with Crippen molar-refractivity contribution in [1.82, 2.24) is 5.32 Å². The van der Waals surface area contributed by atoms with E-state index in [9.17, 15) is 0 Å².